The van der Waals surface area contributed by atoms with Crippen molar-refractivity contribution in [1.29, 1.82) is 0 Å². The summed E-state index contributed by atoms with van der Waals surface area (Å²) in [6, 6.07) is 7.43. The quantitative estimate of drug-likeness (QED) is 0.643. The normalized spacial score (nSPS) is 17.0. The zero-order valence-corrected chi connectivity index (χ0v) is 16.6. The van der Waals surface area contributed by atoms with Crippen LogP contribution in [0.1, 0.15) is 10.8 Å². The van der Waals surface area contributed by atoms with Gasteiger partial charge in [-0.3, -0.25) is 4.90 Å². The fourth-order valence-electron chi connectivity index (χ4n) is 2.82. The number of sulfonamides is 1. The summed E-state index contributed by atoms with van der Waals surface area (Å²) < 4.78 is 32.7. The Morgan fingerprint density at radius 2 is 2.00 bits per heavy atom. The Balaban J connectivity index is 1.37. The second kappa shape index (κ2) is 7.20. The molecule has 0 aromatic carbocycles. The highest BCUT2D eigenvalue weighted by molar-refractivity contribution is 7.91. The molecule has 3 aromatic heterocycles. The highest BCUT2D eigenvalue weighted by Gasteiger charge is 2.30. The van der Waals surface area contributed by atoms with Gasteiger partial charge in [0.05, 0.1) is 11.4 Å². The van der Waals surface area contributed by atoms with Gasteiger partial charge in [0.1, 0.15) is 4.21 Å². The van der Waals surface area contributed by atoms with Crippen LogP contribution in [0.2, 0.25) is 0 Å². The third-order valence-corrected chi connectivity index (χ3v) is 8.44. The maximum absolute atomic E-state index is 12.7. The Morgan fingerprint density at radius 3 is 2.65 bits per heavy atom. The minimum Gasteiger partial charge on any atom is -0.338 e. The minimum absolute atomic E-state index is 0.418. The molecule has 4 rings (SSSR count). The SMILES string of the molecule is Cc1ccc(S(=O)(=O)N2CCN(Cc3nc(-c4cccs4)no3)CC2)s1. The summed E-state index contributed by atoms with van der Waals surface area (Å²) in [5, 5.41) is 5.99. The number of aromatic nitrogens is 2. The number of hydrogen-bond acceptors (Lipinski definition) is 8. The molecule has 0 saturated carbocycles. The highest BCUT2D eigenvalue weighted by Crippen LogP contribution is 2.26. The van der Waals surface area contributed by atoms with Gasteiger partial charge in [0, 0.05) is 31.1 Å². The molecule has 0 atom stereocenters. The molecule has 26 heavy (non-hydrogen) atoms. The topological polar surface area (TPSA) is 79.5 Å². The molecule has 138 valence electrons. The molecule has 1 aliphatic rings. The van der Waals surface area contributed by atoms with Crippen molar-refractivity contribution in [2.75, 3.05) is 26.2 Å². The Kier molecular flexibility index (Phi) is 4.93. The first-order chi connectivity index (χ1) is 12.5. The van der Waals surface area contributed by atoms with Crippen molar-refractivity contribution in [2.24, 2.45) is 0 Å². The second-order valence-corrected chi connectivity index (χ2v) is 10.4. The highest BCUT2D eigenvalue weighted by atomic mass is 32.2. The van der Waals surface area contributed by atoms with Crippen LogP contribution in [-0.4, -0.2) is 53.9 Å². The van der Waals surface area contributed by atoms with E-state index in [-0.39, 0.29) is 0 Å². The first-order valence-electron chi connectivity index (χ1n) is 8.18. The van der Waals surface area contributed by atoms with Crippen molar-refractivity contribution in [1.82, 2.24) is 19.3 Å². The van der Waals surface area contributed by atoms with E-state index in [9.17, 15) is 8.42 Å². The molecule has 3 aromatic rings. The molecule has 7 nitrogen and oxygen atoms in total. The van der Waals surface area contributed by atoms with Crippen molar-refractivity contribution < 1.29 is 12.9 Å². The molecule has 10 heteroatoms. The summed E-state index contributed by atoms with van der Waals surface area (Å²) >= 11 is 2.88. The first kappa shape index (κ1) is 17.8. The van der Waals surface area contributed by atoms with E-state index in [1.54, 1.807) is 21.7 Å². The smallest absolute Gasteiger partial charge is 0.252 e. The molecule has 1 aliphatic heterocycles. The Labute approximate surface area is 159 Å². The third-order valence-electron chi connectivity index (χ3n) is 4.21. The summed E-state index contributed by atoms with van der Waals surface area (Å²) in [6.45, 7) is 4.65. The van der Waals surface area contributed by atoms with Gasteiger partial charge in [0.2, 0.25) is 11.7 Å². The summed E-state index contributed by atoms with van der Waals surface area (Å²) in [5.74, 6) is 1.16. The number of nitrogens with zero attached hydrogens (tertiary/aromatic N) is 4. The minimum atomic E-state index is -3.39. The van der Waals surface area contributed by atoms with Crippen LogP contribution in [0.4, 0.5) is 0 Å². The molecule has 0 radical (unpaired) electrons. The average Bonchev–Trinajstić information content (AvgIpc) is 3.36. The van der Waals surface area contributed by atoms with Crippen molar-refractivity contribution in [3.8, 4) is 10.7 Å². The van der Waals surface area contributed by atoms with Gasteiger partial charge in [-0.25, -0.2) is 8.42 Å². The maximum Gasteiger partial charge on any atom is 0.252 e. The largest absolute Gasteiger partial charge is 0.338 e. The van der Waals surface area contributed by atoms with Crippen molar-refractivity contribution >= 4 is 32.7 Å². The summed E-state index contributed by atoms with van der Waals surface area (Å²) in [5.41, 5.74) is 0. The average molecular weight is 411 g/mol. The molecular formula is C16H18N4O3S3. The first-order valence-corrected chi connectivity index (χ1v) is 11.3. The van der Waals surface area contributed by atoms with Crippen LogP contribution in [0.15, 0.2) is 38.4 Å². The van der Waals surface area contributed by atoms with Crippen LogP contribution in [0.5, 0.6) is 0 Å². The van der Waals surface area contributed by atoms with Crippen LogP contribution in [-0.2, 0) is 16.6 Å². The van der Waals surface area contributed by atoms with Gasteiger partial charge in [-0.2, -0.15) is 9.29 Å². The Hall–Kier alpha value is -1.59. The molecule has 1 saturated heterocycles. The number of rotatable bonds is 5. The van der Waals surface area contributed by atoms with Gasteiger partial charge in [-0.05, 0) is 30.5 Å². The van der Waals surface area contributed by atoms with E-state index in [4.69, 9.17) is 4.52 Å². The van der Waals surface area contributed by atoms with E-state index in [0.29, 0.717) is 48.6 Å². The predicted molar refractivity (Wildman–Crippen MR) is 101 cm³/mol. The lowest BCUT2D eigenvalue weighted by molar-refractivity contribution is 0.163. The van der Waals surface area contributed by atoms with E-state index >= 15 is 0 Å². The molecule has 0 amide bonds. The lowest BCUT2D eigenvalue weighted by Crippen LogP contribution is -2.48. The van der Waals surface area contributed by atoms with E-state index in [0.717, 1.165) is 9.75 Å². The Morgan fingerprint density at radius 1 is 1.19 bits per heavy atom. The molecular weight excluding hydrogens is 392 g/mol. The molecule has 0 N–H and O–H groups in total. The second-order valence-electron chi connectivity index (χ2n) is 6.03. The lowest BCUT2D eigenvalue weighted by atomic mass is 10.3. The van der Waals surface area contributed by atoms with Gasteiger partial charge in [0.15, 0.2) is 0 Å². The Bertz CT molecular complexity index is 970. The van der Waals surface area contributed by atoms with Crippen LogP contribution < -0.4 is 0 Å². The molecule has 4 heterocycles. The van der Waals surface area contributed by atoms with Gasteiger partial charge in [-0.15, -0.1) is 22.7 Å². The molecule has 0 bridgehead atoms. The number of aryl methyl sites for hydroxylation is 1. The number of thiophene rings is 2. The van der Waals surface area contributed by atoms with Crippen molar-refractivity contribution in [2.45, 2.75) is 17.7 Å². The van der Waals surface area contributed by atoms with Gasteiger partial charge >= 0.3 is 0 Å². The number of hydrogen-bond donors (Lipinski definition) is 0. The standard InChI is InChI=1S/C16H18N4O3S3/c1-12-4-5-15(25-12)26(21,22)20-8-6-19(7-9-20)11-14-17-16(18-23-14)13-3-2-10-24-13/h2-5,10H,6-9,11H2,1H3. The molecule has 0 aliphatic carbocycles. The maximum atomic E-state index is 12.7. The monoisotopic (exact) mass is 410 g/mol. The van der Waals surface area contributed by atoms with Gasteiger partial charge < -0.3 is 4.52 Å². The fraction of sp³-hybridized carbons (Fsp3) is 0.375. The van der Waals surface area contributed by atoms with Crippen molar-refractivity contribution in [3.05, 3.63) is 40.4 Å². The van der Waals surface area contributed by atoms with Crippen molar-refractivity contribution in [3.63, 3.8) is 0 Å². The molecule has 0 unspecified atom stereocenters. The van der Waals surface area contributed by atoms with Crippen LogP contribution in [0.3, 0.4) is 0 Å². The van der Waals surface area contributed by atoms with E-state index < -0.39 is 10.0 Å². The zero-order chi connectivity index (χ0) is 18.1. The van der Waals surface area contributed by atoms with E-state index in [1.807, 2.05) is 30.5 Å². The summed E-state index contributed by atoms with van der Waals surface area (Å²) in [6.07, 6.45) is 0. The van der Waals surface area contributed by atoms with E-state index in [2.05, 4.69) is 15.0 Å². The molecule has 1 fully saturated rings. The van der Waals surface area contributed by atoms with Crippen LogP contribution in [0.25, 0.3) is 10.7 Å². The fourth-order valence-corrected chi connectivity index (χ4v) is 6.33. The van der Waals surface area contributed by atoms with E-state index in [1.165, 1.54) is 11.3 Å². The third kappa shape index (κ3) is 3.60. The van der Waals surface area contributed by atoms with Crippen LogP contribution in [0, 0.1) is 6.92 Å². The zero-order valence-electron chi connectivity index (χ0n) is 14.2. The summed E-state index contributed by atoms with van der Waals surface area (Å²) in [7, 11) is -3.39. The van der Waals surface area contributed by atoms with Crippen LogP contribution >= 0.6 is 22.7 Å². The summed E-state index contributed by atoms with van der Waals surface area (Å²) in [4.78, 5) is 8.54. The van der Waals surface area contributed by atoms with Gasteiger partial charge in [0.25, 0.3) is 10.0 Å². The van der Waals surface area contributed by atoms with Gasteiger partial charge in [-0.1, -0.05) is 11.2 Å². The molecule has 0 spiro atoms. The lowest BCUT2D eigenvalue weighted by Gasteiger charge is -2.32. The predicted octanol–water partition coefficient (Wildman–Crippen LogP) is 2.67. The number of piperazine rings is 1.